The Balaban J connectivity index is 1.78. The molecule has 1 aromatic carbocycles. The van der Waals surface area contributed by atoms with Gasteiger partial charge < -0.3 is 19.5 Å². The molecular formula is C20H29ClN2O6S. The summed E-state index contributed by atoms with van der Waals surface area (Å²) in [5, 5.41) is 9.45. The SMILES string of the molecule is CCN(CCCO)C(=O)OC[C@H]1COCC(C2CC2)N1S(=O)(=O)c1ccc(Cl)cc1. The predicted octanol–water partition coefficient (Wildman–Crippen LogP) is 2.35. The maximum atomic E-state index is 13.5. The van der Waals surface area contributed by atoms with Crippen LogP contribution >= 0.6 is 11.6 Å². The highest BCUT2D eigenvalue weighted by Gasteiger charge is 2.47. The molecule has 0 radical (unpaired) electrons. The van der Waals surface area contributed by atoms with Gasteiger partial charge in [0.15, 0.2) is 0 Å². The van der Waals surface area contributed by atoms with Gasteiger partial charge in [0, 0.05) is 24.7 Å². The van der Waals surface area contributed by atoms with Gasteiger partial charge in [0.2, 0.25) is 10.0 Å². The number of hydrogen-bond acceptors (Lipinski definition) is 6. The summed E-state index contributed by atoms with van der Waals surface area (Å²) >= 11 is 5.92. The van der Waals surface area contributed by atoms with E-state index in [2.05, 4.69) is 0 Å². The second-order valence-electron chi connectivity index (χ2n) is 7.62. The molecule has 8 nitrogen and oxygen atoms in total. The third-order valence-electron chi connectivity index (χ3n) is 5.47. The summed E-state index contributed by atoms with van der Waals surface area (Å²) in [7, 11) is -3.81. The Morgan fingerprint density at radius 1 is 1.30 bits per heavy atom. The van der Waals surface area contributed by atoms with E-state index < -0.39 is 22.2 Å². The van der Waals surface area contributed by atoms with Gasteiger partial charge in [0.05, 0.1) is 30.2 Å². The number of morpholine rings is 1. The lowest BCUT2D eigenvalue weighted by Crippen LogP contribution is -2.57. The lowest BCUT2D eigenvalue weighted by atomic mass is 10.1. The van der Waals surface area contributed by atoms with Gasteiger partial charge in [0.1, 0.15) is 6.61 Å². The van der Waals surface area contributed by atoms with Crippen LogP contribution in [0.3, 0.4) is 0 Å². The third kappa shape index (κ3) is 5.45. The van der Waals surface area contributed by atoms with E-state index in [4.69, 9.17) is 26.2 Å². The Kier molecular flexibility index (Phi) is 7.98. The van der Waals surface area contributed by atoms with E-state index in [-0.39, 0.29) is 36.7 Å². The van der Waals surface area contributed by atoms with E-state index >= 15 is 0 Å². The number of aliphatic hydroxyl groups excluding tert-OH is 1. The number of nitrogens with zero attached hydrogens (tertiary/aromatic N) is 2. The fraction of sp³-hybridized carbons (Fsp3) is 0.650. The zero-order chi connectivity index (χ0) is 21.7. The van der Waals surface area contributed by atoms with Gasteiger partial charge in [-0.15, -0.1) is 0 Å². The molecule has 1 saturated heterocycles. The van der Waals surface area contributed by atoms with Crippen molar-refractivity contribution < 1.29 is 27.8 Å². The van der Waals surface area contributed by atoms with Crippen molar-refractivity contribution in [3.05, 3.63) is 29.3 Å². The Bertz CT molecular complexity index is 815. The summed E-state index contributed by atoms with van der Waals surface area (Å²) in [6.07, 6.45) is 1.84. The van der Waals surface area contributed by atoms with Crippen LogP contribution in [0.1, 0.15) is 26.2 Å². The van der Waals surface area contributed by atoms with Crippen LogP contribution in [-0.4, -0.2) is 80.4 Å². The van der Waals surface area contributed by atoms with Crippen molar-refractivity contribution in [2.45, 2.75) is 43.2 Å². The summed E-state index contributed by atoms with van der Waals surface area (Å²) in [4.78, 5) is 14.1. The molecule has 2 aliphatic rings. The van der Waals surface area contributed by atoms with E-state index in [0.29, 0.717) is 31.1 Å². The van der Waals surface area contributed by atoms with Crippen molar-refractivity contribution in [3.8, 4) is 0 Å². The third-order valence-corrected chi connectivity index (χ3v) is 7.71. The normalized spacial score (nSPS) is 22.6. The van der Waals surface area contributed by atoms with Gasteiger partial charge in [0.25, 0.3) is 0 Å². The molecule has 0 spiro atoms. The molecule has 2 fully saturated rings. The largest absolute Gasteiger partial charge is 0.448 e. The van der Waals surface area contributed by atoms with Gasteiger partial charge in [-0.3, -0.25) is 0 Å². The number of carbonyl (C=O) groups excluding carboxylic acids is 1. The van der Waals surface area contributed by atoms with Gasteiger partial charge in [-0.2, -0.15) is 4.31 Å². The lowest BCUT2D eigenvalue weighted by Gasteiger charge is -2.40. The standard InChI is InChI=1S/C20H29ClN2O6S/c1-2-22(10-3-11-24)20(25)29-13-17-12-28-14-19(15-4-5-15)23(17)30(26,27)18-8-6-16(21)7-9-18/h6-9,15,17,19,24H,2-5,10-14H2,1H3/t17-,19?/m1/s1. The lowest BCUT2D eigenvalue weighted by molar-refractivity contribution is -0.0356. The maximum absolute atomic E-state index is 13.5. The summed E-state index contributed by atoms with van der Waals surface area (Å²) in [5.41, 5.74) is 0. The Morgan fingerprint density at radius 2 is 2.00 bits per heavy atom. The van der Waals surface area contributed by atoms with Crippen LogP contribution < -0.4 is 0 Å². The first-order chi connectivity index (χ1) is 14.4. The monoisotopic (exact) mass is 460 g/mol. The summed E-state index contributed by atoms with van der Waals surface area (Å²) in [6, 6.07) is 5.21. The smallest absolute Gasteiger partial charge is 0.409 e. The van der Waals surface area contributed by atoms with Gasteiger partial charge in [-0.1, -0.05) is 11.6 Å². The molecule has 3 rings (SSSR count). The highest BCUT2D eigenvalue weighted by Crippen LogP contribution is 2.40. The molecular weight excluding hydrogens is 432 g/mol. The Hall–Kier alpha value is -1.39. The van der Waals surface area contributed by atoms with Crippen LogP contribution in [0, 0.1) is 5.92 Å². The summed E-state index contributed by atoms with van der Waals surface area (Å²) in [5.74, 6) is 0.252. The van der Waals surface area contributed by atoms with Crippen molar-refractivity contribution in [1.82, 2.24) is 9.21 Å². The fourth-order valence-corrected chi connectivity index (χ4v) is 5.64. The molecule has 1 saturated carbocycles. The van der Waals surface area contributed by atoms with E-state index in [1.807, 2.05) is 6.92 Å². The van der Waals surface area contributed by atoms with Crippen molar-refractivity contribution in [1.29, 1.82) is 0 Å². The van der Waals surface area contributed by atoms with Gasteiger partial charge in [-0.25, -0.2) is 13.2 Å². The van der Waals surface area contributed by atoms with E-state index in [1.54, 1.807) is 12.1 Å². The number of benzene rings is 1. The molecule has 10 heteroatoms. The maximum Gasteiger partial charge on any atom is 0.409 e. The topological polar surface area (TPSA) is 96.4 Å². The minimum atomic E-state index is -3.81. The van der Waals surface area contributed by atoms with Crippen LogP contribution in [0.25, 0.3) is 0 Å². The molecule has 30 heavy (non-hydrogen) atoms. The number of aliphatic hydroxyl groups is 1. The molecule has 1 unspecified atom stereocenters. The Labute approximate surface area is 182 Å². The van der Waals surface area contributed by atoms with Crippen LogP contribution in [-0.2, 0) is 19.5 Å². The number of halogens is 1. The molecule has 0 aromatic heterocycles. The second kappa shape index (κ2) is 10.3. The number of sulfonamides is 1. The first-order valence-electron chi connectivity index (χ1n) is 10.3. The van der Waals surface area contributed by atoms with Crippen LogP contribution in [0.15, 0.2) is 29.2 Å². The molecule has 2 atom stereocenters. The van der Waals surface area contributed by atoms with Crippen LogP contribution in [0.2, 0.25) is 5.02 Å². The summed E-state index contributed by atoms with van der Waals surface area (Å²) in [6.45, 7) is 3.03. The van der Waals surface area contributed by atoms with Crippen molar-refractivity contribution in [3.63, 3.8) is 0 Å². The van der Waals surface area contributed by atoms with Crippen molar-refractivity contribution >= 4 is 27.7 Å². The second-order valence-corrected chi connectivity index (χ2v) is 9.90. The number of rotatable bonds is 9. The molecule has 1 aromatic rings. The zero-order valence-corrected chi connectivity index (χ0v) is 18.6. The van der Waals surface area contributed by atoms with Crippen LogP contribution in [0.5, 0.6) is 0 Å². The minimum Gasteiger partial charge on any atom is -0.448 e. The average Bonchev–Trinajstić information content (AvgIpc) is 3.58. The highest BCUT2D eigenvalue weighted by molar-refractivity contribution is 7.89. The van der Waals surface area contributed by atoms with Crippen LogP contribution in [0.4, 0.5) is 4.79 Å². The van der Waals surface area contributed by atoms with Crippen molar-refractivity contribution in [2.24, 2.45) is 5.92 Å². The molecule has 1 heterocycles. The molecule has 1 aliphatic carbocycles. The highest BCUT2D eigenvalue weighted by atomic mass is 35.5. The van der Waals surface area contributed by atoms with E-state index in [1.165, 1.54) is 21.3 Å². The average molecular weight is 461 g/mol. The minimum absolute atomic E-state index is 0.0174. The molecule has 1 aliphatic heterocycles. The molecule has 168 valence electrons. The molecule has 1 amide bonds. The van der Waals surface area contributed by atoms with Gasteiger partial charge in [-0.05, 0) is 56.4 Å². The fourth-order valence-electron chi connectivity index (χ4n) is 3.69. The van der Waals surface area contributed by atoms with Crippen molar-refractivity contribution in [2.75, 3.05) is 39.5 Å². The zero-order valence-electron chi connectivity index (χ0n) is 17.1. The number of ether oxygens (including phenoxy) is 2. The van der Waals surface area contributed by atoms with Gasteiger partial charge >= 0.3 is 6.09 Å². The Morgan fingerprint density at radius 3 is 2.60 bits per heavy atom. The number of amides is 1. The predicted molar refractivity (Wildman–Crippen MR) is 112 cm³/mol. The van der Waals surface area contributed by atoms with E-state index in [0.717, 1.165) is 12.8 Å². The number of hydrogen-bond donors (Lipinski definition) is 1. The first kappa shape index (κ1) is 23.3. The number of carbonyl (C=O) groups is 1. The molecule has 0 bridgehead atoms. The molecule has 1 N–H and O–H groups in total. The first-order valence-corrected chi connectivity index (χ1v) is 12.1. The van der Waals surface area contributed by atoms with E-state index in [9.17, 15) is 13.2 Å². The summed E-state index contributed by atoms with van der Waals surface area (Å²) < 4.78 is 39.6. The quantitative estimate of drug-likeness (QED) is 0.607.